The second-order valence-corrected chi connectivity index (χ2v) is 5.71. The van der Waals surface area contributed by atoms with Crippen molar-refractivity contribution in [2.45, 2.75) is 26.2 Å². The van der Waals surface area contributed by atoms with Crippen LogP contribution in [-0.4, -0.2) is 22.0 Å². The number of rotatable bonds is 5. The lowest BCUT2D eigenvalue weighted by Crippen LogP contribution is -2.18. The first-order chi connectivity index (χ1) is 9.95. The molecule has 110 valence electrons. The summed E-state index contributed by atoms with van der Waals surface area (Å²) in [4.78, 5) is 27.0. The van der Waals surface area contributed by atoms with Crippen LogP contribution in [-0.2, 0) is 16.0 Å². The molecule has 0 aliphatic heterocycles. The summed E-state index contributed by atoms with van der Waals surface area (Å²) in [5, 5.41) is 13.9. The van der Waals surface area contributed by atoms with Gasteiger partial charge in [0.15, 0.2) is 0 Å². The van der Waals surface area contributed by atoms with Crippen molar-refractivity contribution in [2.75, 3.05) is 5.32 Å². The number of nitrogens with one attached hydrogen (secondary N) is 1. The average molecular weight is 304 g/mol. The Morgan fingerprint density at radius 3 is 2.62 bits per heavy atom. The molecule has 1 atom stereocenters. The fraction of sp³-hybridized carbons (Fsp3) is 0.267. The maximum absolute atomic E-state index is 12.2. The van der Waals surface area contributed by atoms with Crippen LogP contribution in [0.3, 0.4) is 0 Å². The fourth-order valence-electron chi connectivity index (χ4n) is 1.76. The van der Waals surface area contributed by atoms with E-state index in [0.717, 1.165) is 11.3 Å². The van der Waals surface area contributed by atoms with Crippen LogP contribution < -0.4 is 5.32 Å². The monoisotopic (exact) mass is 304 g/mol. The molecule has 0 saturated carbocycles. The quantitative estimate of drug-likeness (QED) is 0.890. The van der Waals surface area contributed by atoms with E-state index in [-0.39, 0.29) is 12.3 Å². The third-order valence-electron chi connectivity index (χ3n) is 2.98. The van der Waals surface area contributed by atoms with Crippen LogP contribution >= 0.6 is 11.3 Å². The Hall–Kier alpha value is -2.21. The minimum atomic E-state index is -0.927. The lowest BCUT2D eigenvalue weighted by atomic mass is 10.1. The fourth-order valence-corrected chi connectivity index (χ4v) is 2.63. The van der Waals surface area contributed by atoms with Crippen molar-refractivity contribution in [3.8, 4) is 0 Å². The van der Waals surface area contributed by atoms with Gasteiger partial charge in [-0.15, -0.1) is 11.3 Å². The number of aromatic nitrogens is 1. The Morgan fingerprint density at radius 1 is 1.33 bits per heavy atom. The van der Waals surface area contributed by atoms with Crippen LogP contribution in [0.4, 0.5) is 5.69 Å². The van der Waals surface area contributed by atoms with E-state index in [1.165, 1.54) is 11.3 Å². The van der Waals surface area contributed by atoms with Gasteiger partial charge in [-0.1, -0.05) is 17.7 Å². The molecule has 0 fully saturated rings. The number of carbonyl (C=O) groups is 2. The summed E-state index contributed by atoms with van der Waals surface area (Å²) in [5.41, 5.74) is 2.34. The number of carbonyl (C=O) groups excluding carboxylic acids is 1. The van der Waals surface area contributed by atoms with Crippen molar-refractivity contribution in [2.24, 2.45) is 0 Å². The number of anilines is 1. The zero-order valence-electron chi connectivity index (χ0n) is 11.8. The normalized spacial score (nSPS) is 11.9. The Balaban J connectivity index is 2.03. The van der Waals surface area contributed by atoms with Crippen molar-refractivity contribution in [3.05, 3.63) is 45.9 Å². The number of carboxylic acids is 1. The number of benzene rings is 1. The number of amides is 1. The lowest BCUT2D eigenvalue weighted by Gasteiger charge is -2.10. The predicted octanol–water partition coefficient (Wildman–Crippen LogP) is 2.82. The topological polar surface area (TPSA) is 79.3 Å². The van der Waals surface area contributed by atoms with Gasteiger partial charge in [-0.2, -0.15) is 0 Å². The molecule has 0 saturated heterocycles. The molecule has 21 heavy (non-hydrogen) atoms. The van der Waals surface area contributed by atoms with E-state index >= 15 is 0 Å². The van der Waals surface area contributed by atoms with Gasteiger partial charge in [0, 0.05) is 11.1 Å². The lowest BCUT2D eigenvalue weighted by molar-refractivity contribution is -0.136. The predicted molar refractivity (Wildman–Crippen MR) is 81.7 cm³/mol. The molecule has 0 radical (unpaired) electrons. The zero-order chi connectivity index (χ0) is 15.4. The summed E-state index contributed by atoms with van der Waals surface area (Å²) >= 11 is 1.31. The van der Waals surface area contributed by atoms with Crippen LogP contribution in [0.25, 0.3) is 0 Å². The maximum atomic E-state index is 12.2. The second-order valence-electron chi connectivity index (χ2n) is 4.82. The highest BCUT2D eigenvalue weighted by Crippen LogP contribution is 2.22. The van der Waals surface area contributed by atoms with E-state index < -0.39 is 11.9 Å². The number of nitrogens with zero attached hydrogens (tertiary/aromatic N) is 1. The summed E-state index contributed by atoms with van der Waals surface area (Å²) in [7, 11) is 0. The molecule has 2 N–H and O–H groups in total. The first-order valence-electron chi connectivity index (χ1n) is 6.49. The first-order valence-corrected chi connectivity index (χ1v) is 7.37. The summed E-state index contributed by atoms with van der Waals surface area (Å²) in [6.07, 6.45) is -0.122. The van der Waals surface area contributed by atoms with Crippen molar-refractivity contribution < 1.29 is 14.7 Å². The molecule has 1 aromatic heterocycles. The zero-order valence-corrected chi connectivity index (χ0v) is 12.6. The van der Waals surface area contributed by atoms with Gasteiger partial charge >= 0.3 is 5.97 Å². The highest BCUT2D eigenvalue weighted by molar-refractivity contribution is 7.09. The number of aliphatic carboxylic acids is 1. The molecule has 0 aliphatic carbocycles. The smallest absolute Gasteiger partial charge is 0.309 e. The van der Waals surface area contributed by atoms with Gasteiger partial charge in [0.2, 0.25) is 5.91 Å². The molecule has 0 spiro atoms. The van der Waals surface area contributed by atoms with Crippen LogP contribution in [0.2, 0.25) is 0 Å². The second kappa shape index (κ2) is 6.49. The molecule has 1 heterocycles. The van der Waals surface area contributed by atoms with E-state index in [4.69, 9.17) is 5.11 Å². The maximum Gasteiger partial charge on any atom is 0.309 e. The standard InChI is InChI=1S/C15H16N2O3S/c1-9-3-5-11(6-4-9)16-14(20)10(2)15-17-12(8-21-15)7-13(18)19/h3-6,8,10H,7H2,1-2H3,(H,16,20)(H,18,19). The Bertz CT molecular complexity index is 649. The van der Waals surface area contributed by atoms with Crippen molar-refractivity contribution >= 4 is 28.9 Å². The van der Waals surface area contributed by atoms with Crippen molar-refractivity contribution in [1.82, 2.24) is 4.98 Å². The van der Waals surface area contributed by atoms with Crippen LogP contribution in [0.15, 0.2) is 29.6 Å². The minimum absolute atomic E-state index is 0.122. The third-order valence-corrected chi connectivity index (χ3v) is 4.06. The molecular formula is C15H16N2O3S. The number of thiazole rings is 1. The number of hydrogen-bond donors (Lipinski definition) is 2. The molecule has 1 aromatic carbocycles. The Kier molecular flexibility index (Phi) is 4.70. The van der Waals surface area contributed by atoms with E-state index in [0.29, 0.717) is 10.7 Å². The van der Waals surface area contributed by atoms with Gasteiger partial charge in [0.25, 0.3) is 0 Å². The summed E-state index contributed by atoms with van der Waals surface area (Å²) in [5.74, 6) is -1.50. The van der Waals surface area contributed by atoms with Crippen molar-refractivity contribution in [3.63, 3.8) is 0 Å². The van der Waals surface area contributed by atoms with E-state index in [9.17, 15) is 9.59 Å². The first kappa shape index (κ1) is 15.2. The highest BCUT2D eigenvalue weighted by Gasteiger charge is 2.19. The van der Waals surface area contributed by atoms with Gasteiger partial charge in [-0.25, -0.2) is 4.98 Å². The molecule has 5 nitrogen and oxygen atoms in total. The number of carboxylic acid groups (broad SMARTS) is 1. The summed E-state index contributed by atoms with van der Waals surface area (Å²) < 4.78 is 0. The van der Waals surface area contributed by atoms with Gasteiger partial charge < -0.3 is 10.4 Å². The number of aryl methyl sites for hydroxylation is 1. The highest BCUT2D eigenvalue weighted by atomic mass is 32.1. The van der Waals surface area contributed by atoms with E-state index in [1.807, 2.05) is 31.2 Å². The van der Waals surface area contributed by atoms with Gasteiger partial charge in [-0.3, -0.25) is 9.59 Å². The molecule has 0 bridgehead atoms. The van der Waals surface area contributed by atoms with E-state index in [2.05, 4.69) is 10.3 Å². The molecule has 2 aromatic rings. The summed E-state index contributed by atoms with van der Waals surface area (Å²) in [6, 6.07) is 7.54. The summed E-state index contributed by atoms with van der Waals surface area (Å²) in [6.45, 7) is 3.74. The van der Waals surface area contributed by atoms with Crippen molar-refractivity contribution in [1.29, 1.82) is 0 Å². The molecule has 0 aliphatic rings. The van der Waals surface area contributed by atoms with Gasteiger partial charge in [-0.05, 0) is 26.0 Å². The largest absolute Gasteiger partial charge is 0.481 e. The van der Waals surface area contributed by atoms with E-state index in [1.54, 1.807) is 12.3 Å². The molecule has 1 unspecified atom stereocenters. The van der Waals surface area contributed by atoms with Gasteiger partial charge in [0.05, 0.1) is 18.0 Å². The molecule has 1 amide bonds. The minimum Gasteiger partial charge on any atom is -0.481 e. The molecule has 2 rings (SSSR count). The van der Waals surface area contributed by atoms with Crippen LogP contribution in [0.5, 0.6) is 0 Å². The SMILES string of the molecule is Cc1ccc(NC(=O)C(C)c2nc(CC(=O)O)cs2)cc1. The Morgan fingerprint density at radius 2 is 2.00 bits per heavy atom. The van der Waals surface area contributed by atoms with Crippen LogP contribution in [0, 0.1) is 6.92 Å². The average Bonchev–Trinajstić information content (AvgIpc) is 2.88. The van der Waals surface area contributed by atoms with Crippen LogP contribution in [0.1, 0.15) is 29.1 Å². The molecule has 6 heteroatoms. The van der Waals surface area contributed by atoms with Gasteiger partial charge in [0.1, 0.15) is 5.01 Å². The Labute approximate surface area is 126 Å². The molecular weight excluding hydrogens is 288 g/mol. The number of hydrogen-bond acceptors (Lipinski definition) is 4. The third kappa shape index (κ3) is 4.13.